The van der Waals surface area contributed by atoms with E-state index in [1.165, 1.54) is 34.9 Å². The third kappa shape index (κ3) is 3.62. The average Bonchev–Trinajstić information content (AvgIpc) is 3.21. The highest BCUT2D eigenvalue weighted by Crippen LogP contribution is 2.34. The molecule has 134 valence electrons. The lowest BCUT2D eigenvalue weighted by Crippen LogP contribution is -2.28. The molecule has 1 saturated heterocycles. The van der Waals surface area contributed by atoms with Gasteiger partial charge in [0.25, 0.3) is 5.91 Å². The number of likely N-dealkylation sites (N-methyl/N-ethyl adjacent to an activating group) is 1. The van der Waals surface area contributed by atoms with E-state index < -0.39 is 4.92 Å². The van der Waals surface area contributed by atoms with Gasteiger partial charge in [-0.3, -0.25) is 19.8 Å². The molecule has 2 aromatic rings. The van der Waals surface area contributed by atoms with Gasteiger partial charge in [-0.15, -0.1) is 0 Å². The number of amides is 1. The Balaban J connectivity index is 1.88. The molecule has 1 aromatic heterocycles. The number of furan rings is 1. The summed E-state index contributed by atoms with van der Waals surface area (Å²) in [6.45, 7) is 2.30. The van der Waals surface area contributed by atoms with E-state index in [9.17, 15) is 14.9 Å². The van der Waals surface area contributed by atoms with E-state index in [-0.39, 0.29) is 17.6 Å². The maximum atomic E-state index is 12.5. The lowest BCUT2D eigenvalue weighted by Gasteiger charge is -2.12. The molecule has 0 bridgehead atoms. The Morgan fingerprint density at radius 3 is 2.62 bits per heavy atom. The minimum atomic E-state index is -0.624. The zero-order chi connectivity index (χ0) is 18.7. The van der Waals surface area contributed by atoms with Crippen molar-refractivity contribution in [2.24, 2.45) is 4.99 Å². The molecule has 2 heterocycles. The summed E-state index contributed by atoms with van der Waals surface area (Å²) < 4.78 is 10.2. The van der Waals surface area contributed by atoms with E-state index in [0.717, 1.165) is 5.75 Å². The van der Waals surface area contributed by atoms with Gasteiger partial charge in [-0.2, -0.15) is 0 Å². The molecule has 0 unspecified atom stereocenters. The van der Waals surface area contributed by atoms with Crippen molar-refractivity contribution < 1.29 is 18.9 Å². The number of nitrogens with zero attached hydrogens (tertiary/aromatic N) is 3. The molecular weight excluding hydrogens is 358 g/mol. The highest BCUT2D eigenvalue weighted by atomic mass is 32.2. The molecule has 26 heavy (non-hydrogen) atoms. The fourth-order valence-corrected chi connectivity index (χ4v) is 3.33. The number of nitro groups is 1. The highest BCUT2D eigenvalue weighted by molar-refractivity contribution is 8.18. The van der Waals surface area contributed by atoms with Crippen LogP contribution in [0.3, 0.4) is 0 Å². The van der Waals surface area contributed by atoms with Gasteiger partial charge in [0, 0.05) is 12.6 Å². The molecule has 0 aliphatic carbocycles. The van der Waals surface area contributed by atoms with E-state index in [0.29, 0.717) is 22.3 Å². The zero-order valence-corrected chi connectivity index (χ0v) is 14.9. The monoisotopic (exact) mass is 373 g/mol. The van der Waals surface area contributed by atoms with Crippen LogP contribution in [0.1, 0.15) is 12.7 Å². The smallest absolute Gasteiger partial charge is 0.433 e. The topological polar surface area (TPSA) is 98.2 Å². The lowest BCUT2D eigenvalue weighted by atomic mass is 10.3. The zero-order valence-electron chi connectivity index (χ0n) is 14.0. The van der Waals surface area contributed by atoms with Crippen LogP contribution in [0.4, 0.5) is 11.6 Å². The van der Waals surface area contributed by atoms with Gasteiger partial charge in [0.05, 0.1) is 23.8 Å². The van der Waals surface area contributed by atoms with Gasteiger partial charge in [-0.05, 0) is 49.0 Å². The molecule has 0 saturated carbocycles. The predicted octanol–water partition coefficient (Wildman–Crippen LogP) is 3.82. The van der Waals surface area contributed by atoms with Crippen LogP contribution in [0.15, 0.2) is 50.7 Å². The highest BCUT2D eigenvalue weighted by Gasteiger charge is 2.32. The van der Waals surface area contributed by atoms with Gasteiger partial charge in [0.1, 0.15) is 16.4 Å². The van der Waals surface area contributed by atoms with Gasteiger partial charge in [-0.1, -0.05) is 0 Å². The summed E-state index contributed by atoms with van der Waals surface area (Å²) in [5, 5.41) is 11.2. The number of ether oxygens (including phenoxy) is 1. The number of carbonyl (C=O) groups is 1. The van der Waals surface area contributed by atoms with E-state index >= 15 is 0 Å². The summed E-state index contributed by atoms with van der Waals surface area (Å²) in [6.07, 6.45) is 1.49. The van der Waals surface area contributed by atoms with E-state index in [1.54, 1.807) is 31.4 Å². The van der Waals surface area contributed by atoms with E-state index in [2.05, 4.69) is 4.99 Å². The Morgan fingerprint density at radius 2 is 2.04 bits per heavy atom. The van der Waals surface area contributed by atoms with Gasteiger partial charge >= 0.3 is 5.88 Å². The van der Waals surface area contributed by atoms with Crippen molar-refractivity contribution in [3.63, 3.8) is 0 Å². The first kappa shape index (κ1) is 17.7. The molecule has 0 atom stereocenters. The van der Waals surface area contributed by atoms with E-state index in [1.807, 2.05) is 6.92 Å². The van der Waals surface area contributed by atoms with Crippen LogP contribution in [-0.2, 0) is 4.79 Å². The first-order valence-electron chi connectivity index (χ1n) is 7.70. The van der Waals surface area contributed by atoms with Crippen LogP contribution >= 0.6 is 11.8 Å². The maximum Gasteiger partial charge on any atom is 0.433 e. The van der Waals surface area contributed by atoms with Crippen molar-refractivity contribution in [2.45, 2.75) is 6.92 Å². The second kappa shape index (κ2) is 7.44. The molecule has 0 spiro atoms. The van der Waals surface area contributed by atoms with E-state index in [4.69, 9.17) is 9.15 Å². The van der Waals surface area contributed by atoms with Gasteiger partial charge in [-0.25, -0.2) is 4.99 Å². The molecule has 0 radical (unpaired) electrons. The largest absolute Gasteiger partial charge is 0.497 e. The number of hydrogen-bond donors (Lipinski definition) is 0. The Bertz CT molecular complexity index is 901. The van der Waals surface area contributed by atoms with Crippen LogP contribution in [-0.4, -0.2) is 34.6 Å². The van der Waals surface area contributed by atoms with Gasteiger partial charge < -0.3 is 9.15 Å². The van der Waals surface area contributed by atoms with Crippen molar-refractivity contribution in [1.82, 2.24) is 4.90 Å². The molecule has 1 aliphatic rings. The first-order valence-corrected chi connectivity index (χ1v) is 8.52. The molecule has 1 aromatic carbocycles. The SMILES string of the molecule is CCN1C(=O)/C(=C\c2ccc([N+](=O)[O-])o2)SC1=Nc1ccc(OC)cc1. The molecule has 1 amide bonds. The van der Waals surface area contributed by atoms with Crippen molar-refractivity contribution in [1.29, 1.82) is 0 Å². The number of amidine groups is 1. The summed E-state index contributed by atoms with van der Waals surface area (Å²) in [6, 6.07) is 9.87. The number of benzene rings is 1. The van der Waals surface area contributed by atoms with Crippen LogP contribution in [0.25, 0.3) is 6.08 Å². The molecule has 8 nitrogen and oxygen atoms in total. The molecule has 1 aliphatic heterocycles. The predicted molar refractivity (Wildman–Crippen MR) is 98.4 cm³/mol. The van der Waals surface area contributed by atoms with Crippen LogP contribution in [0.5, 0.6) is 5.75 Å². The summed E-state index contributed by atoms with van der Waals surface area (Å²) in [4.78, 5) is 29.1. The number of thioether (sulfide) groups is 1. The number of aliphatic imine (C=N–C) groups is 1. The molecular formula is C17H15N3O5S. The summed E-state index contributed by atoms with van der Waals surface area (Å²) in [5.74, 6) is 0.376. The minimum absolute atomic E-state index is 0.219. The van der Waals surface area contributed by atoms with Crippen LogP contribution < -0.4 is 4.74 Å². The van der Waals surface area contributed by atoms with Crippen LogP contribution in [0, 0.1) is 10.1 Å². The van der Waals surface area contributed by atoms with Crippen molar-refractivity contribution in [3.05, 3.63) is 57.2 Å². The number of carbonyl (C=O) groups excluding carboxylic acids is 1. The average molecular weight is 373 g/mol. The van der Waals surface area contributed by atoms with Crippen LogP contribution in [0.2, 0.25) is 0 Å². The van der Waals surface area contributed by atoms with Crippen molar-refractivity contribution >= 4 is 40.5 Å². The third-order valence-corrected chi connectivity index (χ3v) is 4.57. The third-order valence-electron chi connectivity index (χ3n) is 3.57. The minimum Gasteiger partial charge on any atom is -0.497 e. The quantitative estimate of drug-likeness (QED) is 0.449. The molecule has 1 fully saturated rings. The van der Waals surface area contributed by atoms with Crippen molar-refractivity contribution in [3.8, 4) is 5.75 Å². The number of hydrogen-bond acceptors (Lipinski definition) is 7. The fourth-order valence-electron chi connectivity index (χ4n) is 2.28. The Kier molecular flexibility index (Phi) is 5.08. The lowest BCUT2D eigenvalue weighted by molar-refractivity contribution is -0.402. The number of rotatable bonds is 5. The molecule has 9 heteroatoms. The van der Waals surface area contributed by atoms with Gasteiger partial charge in [0.15, 0.2) is 5.17 Å². The second-order valence-corrected chi connectivity index (χ2v) is 6.19. The standard InChI is InChI=1S/C17H15N3O5S/c1-3-19-16(21)14(10-13-8-9-15(25-13)20(22)23)26-17(19)18-11-4-6-12(24-2)7-5-11/h4-10H,3H2,1-2H3/b14-10+,18-17?. The Labute approximate surface area is 153 Å². The maximum absolute atomic E-state index is 12.5. The summed E-state index contributed by atoms with van der Waals surface area (Å²) >= 11 is 1.20. The molecule has 0 N–H and O–H groups in total. The Hall–Kier alpha value is -3.07. The van der Waals surface area contributed by atoms with Gasteiger partial charge in [0.2, 0.25) is 0 Å². The summed E-state index contributed by atoms with van der Waals surface area (Å²) in [7, 11) is 1.58. The second-order valence-electron chi connectivity index (χ2n) is 5.19. The normalized spacial score (nSPS) is 17.3. The fraction of sp³-hybridized carbons (Fsp3) is 0.176. The first-order chi connectivity index (χ1) is 12.5. The summed E-state index contributed by atoms with van der Waals surface area (Å²) in [5.41, 5.74) is 0.689. The van der Waals surface area contributed by atoms with Crippen molar-refractivity contribution in [2.75, 3.05) is 13.7 Å². The number of methoxy groups -OCH3 is 1. The Morgan fingerprint density at radius 1 is 1.31 bits per heavy atom. The molecule has 3 rings (SSSR count).